The zero-order chi connectivity index (χ0) is 13.2. The SMILES string of the molecule is Cn1ccnc1CNCc1cc(Br)cc2c1OCC2. The minimum absolute atomic E-state index is 0.755. The summed E-state index contributed by atoms with van der Waals surface area (Å²) in [6, 6.07) is 4.26. The number of ether oxygens (including phenoxy) is 1. The number of fused-ring (bicyclic) bond motifs is 1. The summed E-state index contributed by atoms with van der Waals surface area (Å²) in [6.07, 6.45) is 4.77. The lowest BCUT2D eigenvalue weighted by atomic mass is 10.1. The number of rotatable bonds is 4. The number of hydrogen-bond donors (Lipinski definition) is 1. The largest absolute Gasteiger partial charge is 0.493 e. The van der Waals surface area contributed by atoms with E-state index < -0.39 is 0 Å². The Balaban J connectivity index is 1.69. The predicted molar refractivity (Wildman–Crippen MR) is 77.1 cm³/mol. The molecule has 0 saturated carbocycles. The second kappa shape index (κ2) is 5.35. The first-order valence-corrected chi connectivity index (χ1v) is 7.14. The Labute approximate surface area is 120 Å². The molecule has 3 rings (SSSR count). The van der Waals surface area contributed by atoms with Gasteiger partial charge in [0.25, 0.3) is 0 Å². The average Bonchev–Trinajstić information content (AvgIpc) is 2.98. The van der Waals surface area contributed by atoms with Crippen molar-refractivity contribution in [2.75, 3.05) is 6.61 Å². The van der Waals surface area contributed by atoms with Gasteiger partial charge in [-0.3, -0.25) is 0 Å². The molecule has 1 aliphatic rings. The first kappa shape index (κ1) is 12.7. The van der Waals surface area contributed by atoms with Crippen molar-refractivity contribution in [1.29, 1.82) is 0 Å². The van der Waals surface area contributed by atoms with Gasteiger partial charge in [-0.25, -0.2) is 4.98 Å². The number of halogens is 1. The number of imidazole rings is 1. The Kier molecular flexibility index (Phi) is 3.57. The van der Waals surface area contributed by atoms with Crippen LogP contribution in [0.1, 0.15) is 17.0 Å². The second-order valence-corrected chi connectivity index (χ2v) is 5.63. The average molecular weight is 322 g/mol. The topological polar surface area (TPSA) is 39.1 Å². The molecule has 5 heteroatoms. The molecule has 0 bridgehead atoms. The molecule has 0 radical (unpaired) electrons. The van der Waals surface area contributed by atoms with E-state index >= 15 is 0 Å². The molecular weight excluding hydrogens is 306 g/mol. The normalized spacial score (nSPS) is 13.4. The maximum absolute atomic E-state index is 5.71. The molecule has 4 nitrogen and oxygen atoms in total. The van der Waals surface area contributed by atoms with Gasteiger partial charge in [0, 0.05) is 42.4 Å². The fourth-order valence-electron chi connectivity index (χ4n) is 2.35. The highest BCUT2D eigenvalue weighted by atomic mass is 79.9. The summed E-state index contributed by atoms with van der Waals surface area (Å²) in [7, 11) is 2.00. The molecule has 2 aromatic rings. The van der Waals surface area contributed by atoms with Crippen LogP contribution in [0.2, 0.25) is 0 Å². The highest BCUT2D eigenvalue weighted by molar-refractivity contribution is 9.10. The summed E-state index contributed by atoms with van der Waals surface area (Å²) >= 11 is 3.56. The molecule has 0 saturated heterocycles. The van der Waals surface area contributed by atoms with Gasteiger partial charge >= 0.3 is 0 Å². The van der Waals surface area contributed by atoms with Crippen molar-refractivity contribution < 1.29 is 4.74 Å². The summed E-state index contributed by atoms with van der Waals surface area (Å²) in [5.41, 5.74) is 2.50. The quantitative estimate of drug-likeness (QED) is 0.940. The molecule has 1 aliphatic heterocycles. The Morgan fingerprint density at radius 1 is 1.42 bits per heavy atom. The zero-order valence-electron chi connectivity index (χ0n) is 10.8. The predicted octanol–water partition coefficient (Wildman–Crippen LogP) is 2.41. The van der Waals surface area contributed by atoms with E-state index in [1.807, 2.05) is 24.0 Å². The van der Waals surface area contributed by atoms with Crippen molar-refractivity contribution in [2.24, 2.45) is 7.05 Å². The van der Waals surface area contributed by atoms with Gasteiger partial charge in [0.05, 0.1) is 13.2 Å². The molecule has 100 valence electrons. The van der Waals surface area contributed by atoms with Crippen LogP contribution in [-0.4, -0.2) is 16.2 Å². The van der Waals surface area contributed by atoms with E-state index in [0.717, 1.165) is 42.2 Å². The maximum Gasteiger partial charge on any atom is 0.127 e. The molecule has 0 spiro atoms. The molecule has 2 heterocycles. The van der Waals surface area contributed by atoms with Crippen LogP contribution in [0, 0.1) is 0 Å². The molecule has 1 aromatic heterocycles. The van der Waals surface area contributed by atoms with E-state index in [1.54, 1.807) is 0 Å². The monoisotopic (exact) mass is 321 g/mol. The van der Waals surface area contributed by atoms with E-state index in [4.69, 9.17) is 4.74 Å². The first-order chi connectivity index (χ1) is 9.24. The molecule has 0 fully saturated rings. The van der Waals surface area contributed by atoms with E-state index in [2.05, 4.69) is 38.4 Å². The van der Waals surface area contributed by atoms with Gasteiger partial charge in [-0.15, -0.1) is 0 Å². The number of aryl methyl sites for hydroxylation is 1. The standard InChI is InChI=1S/C14H16BrN3O/c1-18-4-3-17-13(18)9-16-8-11-7-12(15)6-10-2-5-19-14(10)11/h3-4,6-7,16H,2,5,8-9H2,1H3. The van der Waals surface area contributed by atoms with Crippen LogP contribution in [0.4, 0.5) is 0 Å². The zero-order valence-corrected chi connectivity index (χ0v) is 12.4. The molecule has 0 unspecified atom stereocenters. The Morgan fingerprint density at radius 3 is 3.11 bits per heavy atom. The van der Waals surface area contributed by atoms with Crippen LogP contribution in [0.5, 0.6) is 5.75 Å². The van der Waals surface area contributed by atoms with Gasteiger partial charge < -0.3 is 14.6 Å². The van der Waals surface area contributed by atoms with Crippen molar-refractivity contribution in [3.63, 3.8) is 0 Å². The van der Waals surface area contributed by atoms with E-state index in [9.17, 15) is 0 Å². The summed E-state index contributed by atoms with van der Waals surface area (Å²) in [5.74, 6) is 2.09. The fourth-order valence-corrected chi connectivity index (χ4v) is 2.91. The van der Waals surface area contributed by atoms with Crippen molar-refractivity contribution in [2.45, 2.75) is 19.5 Å². The minimum atomic E-state index is 0.755. The lowest BCUT2D eigenvalue weighted by Crippen LogP contribution is -2.16. The molecule has 1 aromatic carbocycles. The van der Waals surface area contributed by atoms with E-state index in [0.29, 0.717) is 0 Å². The van der Waals surface area contributed by atoms with Gasteiger partial charge in [0.2, 0.25) is 0 Å². The van der Waals surface area contributed by atoms with Gasteiger partial charge in [0.15, 0.2) is 0 Å². The van der Waals surface area contributed by atoms with Crippen molar-refractivity contribution in [3.8, 4) is 5.75 Å². The number of nitrogens with one attached hydrogen (secondary N) is 1. The third-order valence-corrected chi connectivity index (χ3v) is 3.80. The van der Waals surface area contributed by atoms with Crippen LogP contribution in [0.3, 0.4) is 0 Å². The van der Waals surface area contributed by atoms with Crippen molar-refractivity contribution >= 4 is 15.9 Å². The lowest BCUT2D eigenvalue weighted by molar-refractivity contribution is 0.352. The highest BCUT2D eigenvalue weighted by Gasteiger charge is 2.17. The van der Waals surface area contributed by atoms with E-state index in [-0.39, 0.29) is 0 Å². The Hall–Kier alpha value is -1.33. The second-order valence-electron chi connectivity index (χ2n) is 4.71. The number of hydrogen-bond acceptors (Lipinski definition) is 3. The Bertz CT molecular complexity index is 594. The highest BCUT2D eigenvalue weighted by Crippen LogP contribution is 2.32. The third kappa shape index (κ3) is 2.67. The molecule has 0 amide bonds. The summed E-state index contributed by atoms with van der Waals surface area (Å²) in [4.78, 5) is 4.30. The van der Waals surface area contributed by atoms with Gasteiger partial charge in [-0.05, 0) is 17.7 Å². The maximum atomic E-state index is 5.71. The first-order valence-electron chi connectivity index (χ1n) is 6.35. The van der Waals surface area contributed by atoms with Crippen LogP contribution in [0.25, 0.3) is 0 Å². The van der Waals surface area contributed by atoms with Crippen LogP contribution < -0.4 is 10.1 Å². The molecule has 19 heavy (non-hydrogen) atoms. The van der Waals surface area contributed by atoms with Crippen LogP contribution in [-0.2, 0) is 26.6 Å². The molecule has 1 N–H and O–H groups in total. The smallest absolute Gasteiger partial charge is 0.127 e. The fraction of sp³-hybridized carbons (Fsp3) is 0.357. The van der Waals surface area contributed by atoms with Crippen LogP contribution in [0.15, 0.2) is 29.0 Å². The number of nitrogens with zero attached hydrogens (tertiary/aromatic N) is 2. The summed E-state index contributed by atoms with van der Waals surface area (Å²) in [5, 5.41) is 3.42. The Morgan fingerprint density at radius 2 is 2.32 bits per heavy atom. The van der Waals surface area contributed by atoms with Gasteiger partial charge in [-0.2, -0.15) is 0 Å². The summed E-state index contributed by atoms with van der Waals surface area (Å²) < 4.78 is 8.85. The van der Waals surface area contributed by atoms with Gasteiger partial charge in [0.1, 0.15) is 11.6 Å². The van der Waals surface area contributed by atoms with Crippen molar-refractivity contribution in [3.05, 3.63) is 46.0 Å². The number of aromatic nitrogens is 2. The lowest BCUT2D eigenvalue weighted by Gasteiger charge is -2.10. The third-order valence-electron chi connectivity index (χ3n) is 3.34. The molecule has 0 atom stereocenters. The van der Waals surface area contributed by atoms with Crippen molar-refractivity contribution in [1.82, 2.24) is 14.9 Å². The molecule has 0 aliphatic carbocycles. The minimum Gasteiger partial charge on any atom is -0.493 e. The van der Waals surface area contributed by atoms with Crippen LogP contribution >= 0.6 is 15.9 Å². The van der Waals surface area contributed by atoms with Gasteiger partial charge in [-0.1, -0.05) is 15.9 Å². The van der Waals surface area contributed by atoms with E-state index in [1.165, 1.54) is 11.1 Å². The molecular formula is C14H16BrN3O. The number of benzene rings is 1. The summed E-state index contributed by atoms with van der Waals surface area (Å²) in [6.45, 7) is 2.33.